The average Bonchev–Trinajstić information content (AvgIpc) is 3.99. The molecule has 0 atom stereocenters. The summed E-state index contributed by atoms with van der Waals surface area (Å²) < 4.78 is 13.0. The molecule has 1 spiro atoms. The van der Waals surface area contributed by atoms with Gasteiger partial charge in [-0.1, -0.05) is 164 Å². The van der Waals surface area contributed by atoms with Crippen molar-refractivity contribution in [3.8, 4) is 67.5 Å². The third-order valence-electron chi connectivity index (χ3n) is 13.4. The highest BCUT2D eigenvalue weighted by atomic mass is 16.3. The van der Waals surface area contributed by atoms with Crippen molar-refractivity contribution in [1.29, 1.82) is 0 Å². The first-order chi connectivity index (χ1) is 31.2. The molecule has 0 saturated heterocycles. The van der Waals surface area contributed by atoms with Crippen LogP contribution >= 0.6 is 0 Å². The van der Waals surface area contributed by atoms with E-state index in [4.69, 9.17) is 23.8 Å². The predicted octanol–water partition coefficient (Wildman–Crippen LogP) is 14.7. The maximum Gasteiger partial charge on any atom is 0.167 e. The summed E-state index contributed by atoms with van der Waals surface area (Å²) in [5, 5.41) is 4.18. The topological polar surface area (TPSA) is 65.0 Å². The predicted molar refractivity (Wildman–Crippen MR) is 252 cm³/mol. The second kappa shape index (κ2) is 12.8. The number of benzene rings is 9. The lowest BCUT2D eigenvalue weighted by atomic mass is 9.66. The van der Waals surface area contributed by atoms with Gasteiger partial charge >= 0.3 is 0 Å². The fourth-order valence-electron chi connectivity index (χ4n) is 10.7. The molecule has 0 saturated carbocycles. The molecule has 0 bridgehead atoms. The van der Waals surface area contributed by atoms with Crippen LogP contribution in [0, 0.1) is 0 Å². The van der Waals surface area contributed by atoms with Crippen LogP contribution in [0.3, 0.4) is 0 Å². The Morgan fingerprint density at radius 2 is 0.730 bits per heavy atom. The summed E-state index contributed by atoms with van der Waals surface area (Å²) in [6.45, 7) is 0. The van der Waals surface area contributed by atoms with Gasteiger partial charge in [-0.05, 0) is 92.0 Å². The lowest BCUT2D eigenvalue weighted by molar-refractivity contribution is 0.668. The Balaban J connectivity index is 1.05. The van der Waals surface area contributed by atoms with Crippen LogP contribution in [0.1, 0.15) is 22.3 Å². The molecule has 5 heteroatoms. The fourth-order valence-corrected chi connectivity index (χ4v) is 10.7. The van der Waals surface area contributed by atoms with E-state index in [0.717, 1.165) is 60.6 Å². The average molecular weight is 804 g/mol. The molecule has 3 aromatic heterocycles. The first-order valence-corrected chi connectivity index (χ1v) is 21.3. The molecule has 14 rings (SSSR count). The van der Waals surface area contributed by atoms with Gasteiger partial charge in [-0.2, -0.15) is 0 Å². The summed E-state index contributed by atoms with van der Waals surface area (Å²) in [4.78, 5) is 15.9. The molecule has 0 radical (unpaired) electrons. The number of hydrogen-bond acceptors (Lipinski definition) is 5. The number of para-hydroxylation sites is 3. The van der Waals surface area contributed by atoms with E-state index in [1.807, 2.05) is 48.5 Å². The molecule has 63 heavy (non-hydrogen) atoms. The van der Waals surface area contributed by atoms with Crippen molar-refractivity contribution in [2.45, 2.75) is 5.41 Å². The van der Waals surface area contributed by atoms with Crippen molar-refractivity contribution >= 4 is 43.9 Å². The highest BCUT2D eigenvalue weighted by Gasteiger charge is 2.49. The summed E-state index contributed by atoms with van der Waals surface area (Å²) >= 11 is 0. The molecular weight excluding hydrogens is 771 g/mol. The van der Waals surface area contributed by atoms with Crippen molar-refractivity contribution < 1.29 is 8.83 Å². The number of furan rings is 2. The molecule has 292 valence electrons. The molecule has 0 aliphatic heterocycles. The van der Waals surface area contributed by atoms with E-state index in [-0.39, 0.29) is 0 Å². The number of aromatic nitrogens is 3. The second-order valence-electron chi connectivity index (χ2n) is 16.6. The fraction of sp³-hybridized carbons (Fsp3) is 0.0172. The van der Waals surface area contributed by atoms with Crippen LogP contribution < -0.4 is 0 Å². The third kappa shape index (κ3) is 4.73. The Morgan fingerprint density at radius 3 is 1.40 bits per heavy atom. The third-order valence-corrected chi connectivity index (χ3v) is 13.4. The second-order valence-corrected chi connectivity index (χ2v) is 16.6. The maximum atomic E-state index is 6.58. The van der Waals surface area contributed by atoms with Gasteiger partial charge < -0.3 is 8.83 Å². The van der Waals surface area contributed by atoms with Crippen LogP contribution in [0.5, 0.6) is 0 Å². The zero-order valence-electron chi connectivity index (χ0n) is 33.7. The van der Waals surface area contributed by atoms with Crippen LogP contribution in [-0.4, -0.2) is 15.0 Å². The normalized spacial score (nSPS) is 13.2. The van der Waals surface area contributed by atoms with Gasteiger partial charge in [-0.3, -0.25) is 0 Å². The van der Waals surface area contributed by atoms with Crippen LogP contribution in [0.4, 0.5) is 0 Å². The zero-order valence-corrected chi connectivity index (χ0v) is 33.7. The van der Waals surface area contributed by atoms with Crippen molar-refractivity contribution in [2.75, 3.05) is 0 Å². The molecule has 2 aliphatic carbocycles. The molecule has 2 aliphatic rings. The molecular formula is C58H33N3O2. The van der Waals surface area contributed by atoms with Gasteiger partial charge in [0.05, 0.1) is 11.0 Å². The lowest BCUT2D eigenvalue weighted by Crippen LogP contribution is -2.29. The van der Waals surface area contributed by atoms with Crippen molar-refractivity contribution in [3.05, 3.63) is 222 Å². The molecule has 0 fully saturated rings. The highest BCUT2D eigenvalue weighted by molar-refractivity contribution is 6.09. The molecule has 3 heterocycles. The summed E-state index contributed by atoms with van der Waals surface area (Å²) in [6, 6.07) is 71.2. The quantitative estimate of drug-likeness (QED) is 0.178. The van der Waals surface area contributed by atoms with E-state index in [0.29, 0.717) is 17.5 Å². The molecule has 0 unspecified atom stereocenters. The Morgan fingerprint density at radius 1 is 0.286 bits per heavy atom. The molecule has 0 amide bonds. The number of fused-ring (bicyclic) bond motifs is 18. The van der Waals surface area contributed by atoms with Crippen molar-refractivity contribution in [3.63, 3.8) is 0 Å². The van der Waals surface area contributed by atoms with Crippen LogP contribution in [0.2, 0.25) is 0 Å². The van der Waals surface area contributed by atoms with Crippen LogP contribution in [-0.2, 0) is 5.41 Å². The molecule has 9 aromatic carbocycles. The van der Waals surface area contributed by atoms with E-state index < -0.39 is 5.41 Å². The zero-order chi connectivity index (χ0) is 41.2. The van der Waals surface area contributed by atoms with Gasteiger partial charge in [0, 0.05) is 32.7 Å². The van der Waals surface area contributed by atoms with Crippen LogP contribution in [0.25, 0.3) is 111 Å². The minimum absolute atomic E-state index is 0.531. The Hall–Kier alpha value is -8.41. The van der Waals surface area contributed by atoms with E-state index in [9.17, 15) is 0 Å². The van der Waals surface area contributed by atoms with Gasteiger partial charge in [0.1, 0.15) is 22.3 Å². The summed E-state index contributed by atoms with van der Waals surface area (Å²) in [7, 11) is 0. The minimum atomic E-state index is -0.640. The summed E-state index contributed by atoms with van der Waals surface area (Å²) in [5.74, 6) is 1.65. The van der Waals surface area contributed by atoms with E-state index >= 15 is 0 Å². The SMILES string of the molecule is c1ccc2c(c1)-c1ccccc1C1(c3ccccc3-2)c2ccccc2-c2ccc(-c3nc(-c4ccc5c(c4)oc4ccccc45)nc(-c4cccc5c4oc4ccccc45)n3)cc21. The van der Waals surface area contributed by atoms with Crippen molar-refractivity contribution in [2.24, 2.45) is 0 Å². The first kappa shape index (κ1) is 34.3. The Labute approximate surface area is 361 Å². The minimum Gasteiger partial charge on any atom is -0.456 e. The Kier molecular flexibility index (Phi) is 6.97. The first-order valence-electron chi connectivity index (χ1n) is 21.3. The van der Waals surface area contributed by atoms with Gasteiger partial charge in [0.25, 0.3) is 0 Å². The van der Waals surface area contributed by atoms with E-state index in [1.165, 1.54) is 55.6 Å². The van der Waals surface area contributed by atoms with Crippen LogP contribution in [0.15, 0.2) is 209 Å². The Bertz CT molecular complexity index is 3830. The van der Waals surface area contributed by atoms with Gasteiger partial charge in [0.2, 0.25) is 0 Å². The van der Waals surface area contributed by atoms with E-state index in [2.05, 4.69) is 152 Å². The monoisotopic (exact) mass is 803 g/mol. The lowest BCUT2D eigenvalue weighted by Gasteiger charge is -2.35. The standard InChI is InChI=1S/C58H33N3O2/c1-2-15-37-36(14-1)38-16-3-8-23-47(38)58(48-24-9-4-17-39(37)48)49-25-10-5-18-40(49)41-30-28-34(32-50(41)58)55-59-56(35-29-31-44-42-19-6-11-26-51(42)62-53(44)33-35)61-57(60-55)46-22-13-21-45-43-20-7-12-27-52(43)63-54(45)46/h1-33H. The van der Waals surface area contributed by atoms with Crippen molar-refractivity contribution in [1.82, 2.24) is 15.0 Å². The highest BCUT2D eigenvalue weighted by Crippen LogP contribution is 2.61. The van der Waals surface area contributed by atoms with Gasteiger partial charge in [-0.25, -0.2) is 15.0 Å². The smallest absolute Gasteiger partial charge is 0.167 e. The van der Waals surface area contributed by atoms with Gasteiger partial charge in [0.15, 0.2) is 17.5 Å². The molecule has 12 aromatic rings. The van der Waals surface area contributed by atoms with Gasteiger partial charge in [-0.15, -0.1) is 0 Å². The number of rotatable bonds is 3. The summed E-state index contributed by atoms with van der Waals surface area (Å²) in [6.07, 6.45) is 0. The number of hydrogen-bond donors (Lipinski definition) is 0. The number of nitrogens with zero attached hydrogens (tertiary/aromatic N) is 3. The summed E-state index contributed by atoms with van der Waals surface area (Å²) in [5.41, 5.74) is 17.3. The van der Waals surface area contributed by atoms with E-state index in [1.54, 1.807) is 0 Å². The molecule has 5 nitrogen and oxygen atoms in total. The largest absolute Gasteiger partial charge is 0.456 e. The maximum absolute atomic E-state index is 6.58. The molecule has 0 N–H and O–H groups in total.